The van der Waals surface area contributed by atoms with Crippen LogP contribution in [-0.4, -0.2) is 12.1 Å². The third-order valence-electron chi connectivity index (χ3n) is 1.87. The van der Waals surface area contributed by atoms with Crippen molar-refractivity contribution in [3.63, 3.8) is 0 Å². The molecule has 0 saturated heterocycles. The Morgan fingerprint density at radius 2 is 2.06 bits per heavy atom. The summed E-state index contributed by atoms with van der Waals surface area (Å²) in [6.45, 7) is 1.71. The molecule has 0 spiro atoms. The van der Waals surface area contributed by atoms with Crippen LogP contribution >= 0.6 is 0 Å². The van der Waals surface area contributed by atoms with Crippen LogP contribution in [0.4, 0.5) is 10.5 Å². The summed E-state index contributed by atoms with van der Waals surface area (Å²) in [5.41, 5.74) is 1.16. The van der Waals surface area contributed by atoms with E-state index in [2.05, 4.69) is 16.6 Å². The van der Waals surface area contributed by atoms with E-state index >= 15 is 0 Å². The third-order valence-corrected chi connectivity index (χ3v) is 1.87. The molecule has 80 valence electrons. The largest absolute Gasteiger partial charge is 0.325 e. The number of carbonyl (C=O) groups excluding carboxylic acids is 1. The molecule has 1 rings (SSSR count). The van der Waals surface area contributed by atoms with Gasteiger partial charge >= 0.3 is 6.03 Å². The maximum atomic E-state index is 11.4. The fourth-order valence-electron chi connectivity index (χ4n) is 1.03. The first kappa shape index (κ1) is 11.6. The maximum absolute atomic E-state index is 11.4. The van der Waals surface area contributed by atoms with Gasteiger partial charge in [0, 0.05) is 5.69 Å². The van der Waals surface area contributed by atoms with Gasteiger partial charge in [-0.3, -0.25) is 0 Å². The number of hydrogen-bond donors (Lipinski definition) is 2. The van der Waals surface area contributed by atoms with E-state index < -0.39 is 0 Å². The molecule has 1 atom stereocenters. The zero-order chi connectivity index (χ0) is 12.0. The first-order chi connectivity index (χ1) is 7.65. The third kappa shape index (κ3) is 3.36. The Bertz CT molecular complexity index is 451. The van der Waals surface area contributed by atoms with Crippen LogP contribution in [0.15, 0.2) is 24.3 Å². The lowest BCUT2D eigenvalue weighted by Crippen LogP contribution is -2.35. The van der Waals surface area contributed by atoms with Gasteiger partial charge in [0.25, 0.3) is 0 Å². The zero-order valence-corrected chi connectivity index (χ0v) is 8.82. The number of anilines is 1. The van der Waals surface area contributed by atoms with Crippen LogP contribution in [0.3, 0.4) is 0 Å². The number of urea groups is 1. The normalized spacial score (nSPS) is 10.7. The lowest BCUT2D eigenvalue weighted by Gasteiger charge is -2.09. The number of terminal acetylenes is 1. The minimum Gasteiger partial charge on any atom is -0.325 e. The van der Waals surface area contributed by atoms with Crippen LogP contribution in [0.25, 0.3) is 0 Å². The summed E-state index contributed by atoms with van der Waals surface area (Å²) < 4.78 is 0. The molecular formula is C12H11N3O. The highest BCUT2D eigenvalue weighted by molar-refractivity contribution is 5.89. The van der Waals surface area contributed by atoms with Crippen molar-refractivity contribution >= 4 is 11.7 Å². The number of nitriles is 1. The molecule has 0 heterocycles. The summed E-state index contributed by atoms with van der Waals surface area (Å²) >= 11 is 0. The molecule has 2 amide bonds. The van der Waals surface area contributed by atoms with E-state index in [1.54, 1.807) is 31.2 Å². The topological polar surface area (TPSA) is 64.9 Å². The fraction of sp³-hybridized carbons (Fsp3) is 0.167. The smallest absolute Gasteiger partial charge is 0.320 e. The van der Waals surface area contributed by atoms with Gasteiger partial charge in [-0.15, -0.1) is 6.42 Å². The average Bonchev–Trinajstić information content (AvgIpc) is 2.29. The van der Waals surface area contributed by atoms with E-state index in [1.807, 2.05) is 6.07 Å². The molecule has 0 aliphatic heterocycles. The van der Waals surface area contributed by atoms with Crippen molar-refractivity contribution in [1.29, 1.82) is 5.26 Å². The number of amides is 2. The van der Waals surface area contributed by atoms with Gasteiger partial charge in [-0.05, 0) is 31.2 Å². The minimum absolute atomic E-state index is 0.321. The van der Waals surface area contributed by atoms with Crippen LogP contribution < -0.4 is 10.6 Å². The fourth-order valence-corrected chi connectivity index (χ4v) is 1.03. The van der Waals surface area contributed by atoms with Crippen molar-refractivity contribution in [2.24, 2.45) is 0 Å². The van der Waals surface area contributed by atoms with E-state index in [9.17, 15) is 4.79 Å². The first-order valence-electron chi connectivity index (χ1n) is 4.69. The molecule has 0 aliphatic carbocycles. The number of rotatable bonds is 2. The molecule has 1 aromatic carbocycles. The molecule has 0 aromatic heterocycles. The summed E-state index contributed by atoms with van der Waals surface area (Å²) in [4.78, 5) is 11.4. The van der Waals surface area contributed by atoms with Crippen LogP contribution in [0.5, 0.6) is 0 Å². The maximum Gasteiger partial charge on any atom is 0.320 e. The SMILES string of the molecule is C#CC(C)NC(=O)Nc1ccc(C#N)cc1. The van der Waals surface area contributed by atoms with Crippen LogP contribution in [-0.2, 0) is 0 Å². The Morgan fingerprint density at radius 3 is 2.56 bits per heavy atom. The Kier molecular flexibility index (Phi) is 3.94. The lowest BCUT2D eigenvalue weighted by molar-refractivity contribution is 0.251. The zero-order valence-electron chi connectivity index (χ0n) is 8.82. The van der Waals surface area contributed by atoms with Gasteiger partial charge < -0.3 is 10.6 Å². The van der Waals surface area contributed by atoms with E-state index in [4.69, 9.17) is 11.7 Å². The van der Waals surface area contributed by atoms with Crippen LogP contribution in [0.1, 0.15) is 12.5 Å². The highest BCUT2D eigenvalue weighted by Crippen LogP contribution is 2.08. The molecule has 4 nitrogen and oxygen atoms in total. The second-order valence-corrected chi connectivity index (χ2v) is 3.18. The number of nitrogens with zero attached hydrogens (tertiary/aromatic N) is 1. The Morgan fingerprint density at radius 1 is 1.44 bits per heavy atom. The lowest BCUT2D eigenvalue weighted by atomic mass is 10.2. The van der Waals surface area contributed by atoms with Gasteiger partial charge in [-0.2, -0.15) is 5.26 Å². The van der Waals surface area contributed by atoms with E-state index in [-0.39, 0.29) is 12.1 Å². The van der Waals surface area contributed by atoms with Gasteiger partial charge in [-0.25, -0.2) is 4.79 Å². The molecule has 0 saturated carbocycles. The van der Waals surface area contributed by atoms with Gasteiger partial charge in [0.15, 0.2) is 0 Å². The van der Waals surface area contributed by atoms with Gasteiger partial charge in [0.1, 0.15) is 0 Å². The molecule has 0 fully saturated rings. The van der Waals surface area contributed by atoms with Crippen molar-refractivity contribution < 1.29 is 4.79 Å². The van der Waals surface area contributed by atoms with Crippen molar-refractivity contribution in [2.75, 3.05) is 5.32 Å². The summed E-state index contributed by atoms with van der Waals surface area (Å²) in [6, 6.07) is 7.86. The van der Waals surface area contributed by atoms with Crippen LogP contribution in [0, 0.1) is 23.7 Å². The second kappa shape index (κ2) is 5.43. The highest BCUT2D eigenvalue weighted by Gasteiger charge is 2.04. The Labute approximate surface area is 94.3 Å². The molecule has 1 unspecified atom stereocenters. The minimum atomic E-state index is -0.366. The Balaban J connectivity index is 2.58. The van der Waals surface area contributed by atoms with Crippen molar-refractivity contribution in [2.45, 2.75) is 13.0 Å². The Hall–Kier alpha value is -2.46. The van der Waals surface area contributed by atoms with Gasteiger partial charge in [-0.1, -0.05) is 5.92 Å². The summed E-state index contributed by atoms with van der Waals surface area (Å²) in [5.74, 6) is 2.38. The monoisotopic (exact) mass is 213 g/mol. The molecule has 0 radical (unpaired) electrons. The molecule has 0 bridgehead atoms. The first-order valence-corrected chi connectivity index (χ1v) is 4.69. The quantitative estimate of drug-likeness (QED) is 0.734. The van der Waals surface area contributed by atoms with Crippen molar-refractivity contribution in [3.05, 3.63) is 29.8 Å². The summed E-state index contributed by atoms with van der Waals surface area (Å²) in [6.07, 6.45) is 5.12. The van der Waals surface area contributed by atoms with E-state index in [0.29, 0.717) is 11.3 Å². The molecular weight excluding hydrogens is 202 g/mol. The molecule has 1 aromatic rings. The summed E-state index contributed by atoms with van der Waals surface area (Å²) in [5, 5.41) is 13.7. The average molecular weight is 213 g/mol. The predicted octanol–water partition coefficient (Wildman–Crippen LogP) is 1.70. The van der Waals surface area contributed by atoms with Gasteiger partial charge in [0.2, 0.25) is 0 Å². The predicted molar refractivity (Wildman–Crippen MR) is 61.6 cm³/mol. The molecule has 2 N–H and O–H groups in total. The highest BCUT2D eigenvalue weighted by atomic mass is 16.2. The number of nitrogens with one attached hydrogen (secondary N) is 2. The summed E-state index contributed by atoms with van der Waals surface area (Å²) in [7, 11) is 0. The molecule has 0 aliphatic rings. The van der Waals surface area contributed by atoms with E-state index in [1.165, 1.54) is 0 Å². The van der Waals surface area contributed by atoms with Crippen molar-refractivity contribution in [3.8, 4) is 18.4 Å². The number of hydrogen-bond acceptors (Lipinski definition) is 2. The molecule has 4 heteroatoms. The standard InChI is InChI=1S/C12H11N3O/c1-3-9(2)14-12(16)15-11-6-4-10(8-13)5-7-11/h1,4-7,9H,2H3,(H2,14,15,16). The molecule has 16 heavy (non-hydrogen) atoms. The van der Waals surface area contributed by atoms with Crippen LogP contribution in [0.2, 0.25) is 0 Å². The van der Waals surface area contributed by atoms with Gasteiger partial charge in [0.05, 0.1) is 17.7 Å². The second-order valence-electron chi connectivity index (χ2n) is 3.18. The van der Waals surface area contributed by atoms with Crippen molar-refractivity contribution in [1.82, 2.24) is 5.32 Å². The number of carbonyl (C=O) groups is 1. The number of benzene rings is 1. The van der Waals surface area contributed by atoms with E-state index in [0.717, 1.165) is 0 Å².